The lowest BCUT2D eigenvalue weighted by molar-refractivity contribution is -0.116. The number of aromatic amines is 2. The Morgan fingerprint density at radius 1 is 1.08 bits per heavy atom. The van der Waals surface area contributed by atoms with Crippen molar-refractivity contribution in [2.75, 3.05) is 5.32 Å². The van der Waals surface area contributed by atoms with Gasteiger partial charge in [0.15, 0.2) is 5.78 Å². The molecule has 2 atom stereocenters. The molecule has 4 heterocycles. The average molecular weight is 351 g/mol. The Kier molecular flexibility index (Phi) is 3.12. The lowest BCUT2D eigenvalue weighted by Crippen LogP contribution is -2.31. The Labute approximate surface area is 148 Å². The third kappa shape index (κ3) is 2.13. The fraction of sp³-hybridized carbons (Fsp3) is 0.263. The molecule has 26 heavy (non-hydrogen) atoms. The smallest absolute Gasteiger partial charge is 0.270 e. The van der Waals surface area contributed by atoms with Gasteiger partial charge in [0.1, 0.15) is 23.1 Å². The average Bonchev–Trinajstić information content (AvgIpc) is 3.35. The third-order valence-electron chi connectivity index (χ3n) is 5.17. The van der Waals surface area contributed by atoms with E-state index < -0.39 is 5.92 Å². The highest BCUT2D eigenvalue weighted by Crippen LogP contribution is 2.46. The summed E-state index contributed by atoms with van der Waals surface area (Å²) in [6.45, 7) is 1.85. The summed E-state index contributed by atoms with van der Waals surface area (Å²) in [5, 5.41) is 8.72. The summed E-state index contributed by atoms with van der Waals surface area (Å²) in [4.78, 5) is 25.4. The summed E-state index contributed by atoms with van der Waals surface area (Å²) in [7, 11) is 0. The Bertz CT molecular complexity index is 1080. The highest BCUT2D eigenvalue weighted by atomic mass is 16.3. The van der Waals surface area contributed by atoms with Crippen LogP contribution in [0.5, 0.6) is 0 Å². The molecule has 2 unspecified atom stereocenters. The summed E-state index contributed by atoms with van der Waals surface area (Å²) < 4.78 is 11.3. The minimum atomic E-state index is -0.505. The number of allylic oxidation sites excluding steroid dienone is 2. The molecule has 0 bridgehead atoms. The molecule has 3 N–H and O–H groups in total. The predicted octanol–water partition coefficient (Wildman–Crippen LogP) is 3.16. The number of carbonyl (C=O) groups excluding carboxylic acids is 1. The van der Waals surface area contributed by atoms with E-state index in [-0.39, 0.29) is 17.3 Å². The highest BCUT2D eigenvalue weighted by Gasteiger charge is 2.42. The molecule has 5 rings (SSSR count). The van der Waals surface area contributed by atoms with Gasteiger partial charge in [-0.25, -0.2) is 0 Å². The Balaban J connectivity index is 1.66. The largest absolute Gasteiger partial charge is 0.469 e. The first kappa shape index (κ1) is 15.1. The number of H-pyrrole nitrogens is 2. The summed E-state index contributed by atoms with van der Waals surface area (Å²) >= 11 is 0. The lowest BCUT2D eigenvalue weighted by Gasteiger charge is -2.32. The molecule has 0 saturated heterocycles. The normalized spacial score (nSPS) is 22.1. The van der Waals surface area contributed by atoms with Crippen molar-refractivity contribution in [1.29, 1.82) is 0 Å². The predicted molar refractivity (Wildman–Crippen MR) is 93.0 cm³/mol. The van der Waals surface area contributed by atoms with E-state index in [0.29, 0.717) is 35.6 Å². The monoisotopic (exact) mass is 351 g/mol. The molecule has 1 aliphatic carbocycles. The zero-order chi connectivity index (χ0) is 17.8. The first-order valence-electron chi connectivity index (χ1n) is 8.55. The topological polar surface area (TPSA) is 104 Å². The maximum atomic E-state index is 13.1. The molecule has 0 saturated carbocycles. The van der Waals surface area contributed by atoms with Gasteiger partial charge in [-0.2, -0.15) is 0 Å². The van der Waals surface area contributed by atoms with Gasteiger partial charge in [-0.15, -0.1) is 0 Å². The maximum absolute atomic E-state index is 13.1. The molecule has 0 aromatic carbocycles. The van der Waals surface area contributed by atoms with Gasteiger partial charge in [0, 0.05) is 23.6 Å². The molecular weight excluding hydrogens is 334 g/mol. The molecule has 0 amide bonds. The summed E-state index contributed by atoms with van der Waals surface area (Å²) in [6, 6.07) is 7.40. The van der Waals surface area contributed by atoms with Crippen molar-refractivity contribution in [3.8, 4) is 0 Å². The van der Waals surface area contributed by atoms with Crippen molar-refractivity contribution in [1.82, 2.24) is 10.2 Å². The van der Waals surface area contributed by atoms with E-state index in [2.05, 4.69) is 15.5 Å². The van der Waals surface area contributed by atoms with Crippen LogP contribution in [0.3, 0.4) is 0 Å². The fourth-order valence-electron chi connectivity index (χ4n) is 4.04. The quantitative estimate of drug-likeness (QED) is 0.658. The number of anilines is 1. The Morgan fingerprint density at radius 2 is 1.96 bits per heavy atom. The summed E-state index contributed by atoms with van der Waals surface area (Å²) in [5.74, 6) is 2.21. The van der Waals surface area contributed by atoms with Crippen molar-refractivity contribution < 1.29 is 13.6 Å². The molecule has 0 radical (unpaired) electrons. The summed E-state index contributed by atoms with van der Waals surface area (Å²) in [5.41, 5.74) is 1.66. The van der Waals surface area contributed by atoms with Gasteiger partial charge < -0.3 is 14.2 Å². The molecule has 1 aliphatic heterocycles. The van der Waals surface area contributed by atoms with Gasteiger partial charge in [0.2, 0.25) is 0 Å². The number of carbonyl (C=O) groups is 1. The first-order valence-corrected chi connectivity index (χ1v) is 8.55. The van der Waals surface area contributed by atoms with Crippen LogP contribution in [-0.4, -0.2) is 16.0 Å². The maximum Gasteiger partial charge on any atom is 0.270 e. The molecule has 2 aliphatic rings. The van der Waals surface area contributed by atoms with Crippen LogP contribution < -0.4 is 10.9 Å². The minimum Gasteiger partial charge on any atom is -0.469 e. The van der Waals surface area contributed by atoms with Crippen LogP contribution in [0.25, 0.3) is 0 Å². The molecular formula is C19H17N3O4. The van der Waals surface area contributed by atoms with Gasteiger partial charge >= 0.3 is 0 Å². The van der Waals surface area contributed by atoms with E-state index in [9.17, 15) is 9.59 Å². The fourth-order valence-corrected chi connectivity index (χ4v) is 4.04. The molecule has 132 valence electrons. The molecule has 7 heteroatoms. The van der Waals surface area contributed by atoms with Gasteiger partial charge in [0.25, 0.3) is 5.56 Å². The first-order chi connectivity index (χ1) is 12.6. The van der Waals surface area contributed by atoms with Gasteiger partial charge in [-0.1, -0.05) is 0 Å². The van der Waals surface area contributed by atoms with Crippen LogP contribution in [0.15, 0.2) is 55.4 Å². The number of aryl methyl sites for hydroxylation is 1. The van der Waals surface area contributed by atoms with Crippen molar-refractivity contribution >= 4 is 11.6 Å². The zero-order valence-corrected chi connectivity index (χ0v) is 14.1. The molecule has 3 aromatic rings. The zero-order valence-electron chi connectivity index (χ0n) is 14.1. The van der Waals surface area contributed by atoms with Crippen LogP contribution in [0.4, 0.5) is 5.82 Å². The van der Waals surface area contributed by atoms with Gasteiger partial charge in [0.05, 0.1) is 17.7 Å². The van der Waals surface area contributed by atoms with Crippen molar-refractivity contribution in [2.45, 2.75) is 31.6 Å². The third-order valence-corrected chi connectivity index (χ3v) is 5.17. The molecule has 0 fully saturated rings. The number of aromatic nitrogens is 2. The van der Waals surface area contributed by atoms with Crippen molar-refractivity contribution in [2.24, 2.45) is 0 Å². The highest BCUT2D eigenvalue weighted by molar-refractivity contribution is 6.01. The van der Waals surface area contributed by atoms with E-state index in [4.69, 9.17) is 8.83 Å². The molecule has 3 aromatic heterocycles. The number of furan rings is 2. The van der Waals surface area contributed by atoms with Gasteiger partial charge in [-0.05, 0) is 37.6 Å². The van der Waals surface area contributed by atoms with E-state index >= 15 is 0 Å². The Morgan fingerprint density at radius 3 is 2.69 bits per heavy atom. The molecule has 7 nitrogen and oxygen atoms in total. The van der Waals surface area contributed by atoms with Crippen LogP contribution in [0.2, 0.25) is 0 Å². The van der Waals surface area contributed by atoms with Crippen molar-refractivity contribution in [3.63, 3.8) is 0 Å². The number of hydrogen-bond acceptors (Lipinski definition) is 5. The van der Waals surface area contributed by atoms with Gasteiger partial charge in [-0.3, -0.25) is 19.8 Å². The van der Waals surface area contributed by atoms with E-state index in [1.165, 1.54) is 0 Å². The number of fused-ring (bicyclic) bond motifs is 1. The SMILES string of the molecule is Cc1ccc(C2C3=C(CC(c4ccco4)CC3=O)Nc3[nH][nH]c(=O)c32)o1. The van der Waals surface area contributed by atoms with Crippen LogP contribution in [0, 0.1) is 6.92 Å². The minimum absolute atomic E-state index is 0.00505. The number of rotatable bonds is 2. The second kappa shape index (κ2) is 5.39. The van der Waals surface area contributed by atoms with Crippen LogP contribution >= 0.6 is 0 Å². The summed E-state index contributed by atoms with van der Waals surface area (Å²) in [6.07, 6.45) is 2.60. The van der Waals surface area contributed by atoms with E-state index in [0.717, 1.165) is 17.2 Å². The number of ketones is 1. The van der Waals surface area contributed by atoms with E-state index in [1.54, 1.807) is 6.26 Å². The molecule has 0 spiro atoms. The van der Waals surface area contributed by atoms with E-state index in [1.807, 2.05) is 31.2 Å². The van der Waals surface area contributed by atoms with Crippen molar-refractivity contribution in [3.05, 3.63) is 75.0 Å². The number of Topliss-reactive ketones (excluding diaryl/α,β-unsaturated/α-hetero) is 1. The lowest BCUT2D eigenvalue weighted by atomic mass is 9.75. The standard InChI is InChI=1S/C19H17N3O4/c1-9-4-5-14(26-9)16-15-11(20-18-17(16)19(24)22-21-18)7-10(8-12(15)23)13-3-2-6-25-13/h2-6,10,16H,7-8H2,1H3,(H3,20,21,22,24). The number of nitrogens with one attached hydrogen (secondary N) is 3. The van der Waals surface area contributed by atoms with Crippen LogP contribution in [0.1, 0.15) is 47.5 Å². The van der Waals surface area contributed by atoms with Crippen LogP contribution in [-0.2, 0) is 4.79 Å². The second-order valence-corrected chi connectivity index (χ2v) is 6.81. The Hall–Kier alpha value is -3.22. The second-order valence-electron chi connectivity index (χ2n) is 6.81. The number of hydrogen-bond donors (Lipinski definition) is 3.